The van der Waals surface area contributed by atoms with E-state index < -0.39 is 6.10 Å². The maximum Gasteiger partial charge on any atom is 0.0953 e. The van der Waals surface area contributed by atoms with Crippen molar-refractivity contribution in [3.8, 4) is 0 Å². The Kier molecular flexibility index (Phi) is 3.20. The van der Waals surface area contributed by atoms with Crippen LogP contribution in [0.4, 0.5) is 0 Å². The molecule has 0 aromatic carbocycles. The van der Waals surface area contributed by atoms with Crippen LogP contribution in [0.2, 0.25) is 0 Å². The number of halogens is 1. The number of hydrogen-bond acceptors (Lipinski definition) is 3. The van der Waals surface area contributed by atoms with Gasteiger partial charge in [0.15, 0.2) is 0 Å². The normalized spacial score (nSPS) is 15.7. The smallest absolute Gasteiger partial charge is 0.0953 e. The first-order valence-corrected chi connectivity index (χ1v) is 4.44. The van der Waals surface area contributed by atoms with Crippen LogP contribution in [0.1, 0.15) is 18.6 Å². The minimum atomic E-state index is -0.644. The molecule has 1 heterocycles. The third-order valence-electron chi connectivity index (χ3n) is 1.57. The van der Waals surface area contributed by atoms with Crippen LogP contribution in [0, 0.1) is 0 Å². The Bertz CT molecular complexity index is 265. The summed E-state index contributed by atoms with van der Waals surface area (Å²) in [6.07, 6.45) is 2.63. The fourth-order valence-corrected chi connectivity index (χ4v) is 1.28. The number of aliphatic hydroxyl groups excluding tert-OH is 1. The number of nitrogens with zero attached hydrogens (tertiary/aromatic N) is 1. The van der Waals surface area contributed by atoms with Crippen molar-refractivity contribution in [3.63, 3.8) is 0 Å². The van der Waals surface area contributed by atoms with Crippen molar-refractivity contribution >= 4 is 15.9 Å². The van der Waals surface area contributed by atoms with Crippen LogP contribution in [0.3, 0.4) is 0 Å². The third kappa shape index (κ3) is 2.27. The predicted octanol–water partition coefficient (Wildman–Crippen LogP) is 1.22. The zero-order chi connectivity index (χ0) is 9.14. The van der Waals surface area contributed by atoms with Crippen LogP contribution in [0.15, 0.2) is 22.9 Å². The molecular weight excluding hydrogens is 220 g/mol. The van der Waals surface area contributed by atoms with E-state index in [1.807, 2.05) is 0 Å². The first-order chi connectivity index (χ1) is 5.61. The van der Waals surface area contributed by atoms with E-state index in [-0.39, 0.29) is 6.04 Å². The molecule has 0 fully saturated rings. The Balaban J connectivity index is 2.88. The monoisotopic (exact) mass is 230 g/mol. The highest BCUT2D eigenvalue weighted by Gasteiger charge is 2.12. The van der Waals surface area contributed by atoms with Gasteiger partial charge in [-0.2, -0.15) is 0 Å². The van der Waals surface area contributed by atoms with Gasteiger partial charge in [0.2, 0.25) is 0 Å². The number of aromatic nitrogens is 1. The molecule has 0 saturated carbocycles. The van der Waals surface area contributed by atoms with Crippen molar-refractivity contribution in [2.45, 2.75) is 19.1 Å². The van der Waals surface area contributed by atoms with Gasteiger partial charge in [-0.3, -0.25) is 4.98 Å². The van der Waals surface area contributed by atoms with Crippen LogP contribution in [0.5, 0.6) is 0 Å². The molecule has 2 unspecified atom stereocenters. The zero-order valence-electron chi connectivity index (χ0n) is 6.74. The first-order valence-electron chi connectivity index (χ1n) is 3.65. The van der Waals surface area contributed by atoms with Crippen LogP contribution in [-0.4, -0.2) is 16.1 Å². The number of nitrogens with two attached hydrogens (primary N) is 1. The predicted molar refractivity (Wildman–Crippen MR) is 50.5 cm³/mol. The number of aliphatic hydroxyl groups is 1. The number of rotatable bonds is 2. The van der Waals surface area contributed by atoms with E-state index in [0.717, 1.165) is 10.0 Å². The SMILES string of the molecule is CC(N)C(O)c1cncc(Br)c1. The van der Waals surface area contributed by atoms with Gasteiger partial charge in [0.25, 0.3) is 0 Å². The molecule has 0 aliphatic heterocycles. The molecule has 0 bridgehead atoms. The van der Waals surface area contributed by atoms with Crippen molar-refractivity contribution in [2.75, 3.05) is 0 Å². The van der Waals surface area contributed by atoms with Crippen LogP contribution in [0.25, 0.3) is 0 Å². The van der Waals surface area contributed by atoms with E-state index in [1.54, 1.807) is 25.4 Å². The summed E-state index contributed by atoms with van der Waals surface area (Å²) in [7, 11) is 0. The Morgan fingerprint density at radius 1 is 1.58 bits per heavy atom. The molecule has 0 radical (unpaired) electrons. The molecule has 66 valence electrons. The van der Waals surface area contributed by atoms with E-state index in [9.17, 15) is 5.11 Å². The molecule has 2 atom stereocenters. The molecule has 0 amide bonds. The van der Waals surface area contributed by atoms with Gasteiger partial charge in [0.05, 0.1) is 6.10 Å². The largest absolute Gasteiger partial charge is 0.387 e. The van der Waals surface area contributed by atoms with Gasteiger partial charge in [-0.15, -0.1) is 0 Å². The number of hydrogen-bond donors (Lipinski definition) is 2. The maximum atomic E-state index is 9.54. The summed E-state index contributed by atoms with van der Waals surface area (Å²) in [6, 6.07) is 1.53. The van der Waals surface area contributed by atoms with E-state index in [2.05, 4.69) is 20.9 Å². The Hall–Kier alpha value is -0.450. The topological polar surface area (TPSA) is 59.1 Å². The highest BCUT2D eigenvalue weighted by Crippen LogP contribution is 2.18. The summed E-state index contributed by atoms with van der Waals surface area (Å²) < 4.78 is 0.847. The van der Waals surface area contributed by atoms with Crippen molar-refractivity contribution in [1.29, 1.82) is 0 Å². The standard InChI is InChI=1S/C8H11BrN2O/c1-5(10)8(12)6-2-7(9)4-11-3-6/h2-5,8,12H,10H2,1H3. The lowest BCUT2D eigenvalue weighted by Crippen LogP contribution is -2.24. The van der Waals surface area contributed by atoms with Crippen molar-refractivity contribution < 1.29 is 5.11 Å². The Labute approximate surface area is 79.7 Å². The molecule has 12 heavy (non-hydrogen) atoms. The van der Waals surface area contributed by atoms with Crippen molar-refractivity contribution in [3.05, 3.63) is 28.5 Å². The molecule has 1 aromatic rings. The first kappa shape index (κ1) is 9.64. The van der Waals surface area contributed by atoms with Crippen LogP contribution in [-0.2, 0) is 0 Å². The lowest BCUT2D eigenvalue weighted by molar-refractivity contribution is 0.153. The minimum absolute atomic E-state index is 0.277. The molecule has 0 saturated heterocycles. The summed E-state index contributed by atoms with van der Waals surface area (Å²) in [5.74, 6) is 0. The second-order valence-corrected chi connectivity index (χ2v) is 3.66. The van der Waals surface area contributed by atoms with Gasteiger partial charge in [0, 0.05) is 28.5 Å². The van der Waals surface area contributed by atoms with Gasteiger partial charge < -0.3 is 10.8 Å². The highest BCUT2D eigenvalue weighted by molar-refractivity contribution is 9.10. The van der Waals surface area contributed by atoms with E-state index in [1.165, 1.54) is 0 Å². The quantitative estimate of drug-likeness (QED) is 0.804. The van der Waals surface area contributed by atoms with Crippen LogP contribution < -0.4 is 5.73 Å². The molecule has 4 heteroatoms. The molecule has 0 aliphatic carbocycles. The molecular formula is C8H11BrN2O. The second kappa shape index (κ2) is 3.98. The summed E-state index contributed by atoms with van der Waals surface area (Å²) >= 11 is 3.27. The van der Waals surface area contributed by atoms with Gasteiger partial charge in [0.1, 0.15) is 0 Å². The zero-order valence-corrected chi connectivity index (χ0v) is 8.32. The fraction of sp³-hybridized carbons (Fsp3) is 0.375. The molecule has 1 aromatic heterocycles. The lowest BCUT2D eigenvalue weighted by Gasteiger charge is -2.13. The average molecular weight is 231 g/mol. The Morgan fingerprint density at radius 2 is 2.25 bits per heavy atom. The summed E-state index contributed by atoms with van der Waals surface area (Å²) in [6.45, 7) is 1.76. The maximum absolute atomic E-state index is 9.54. The van der Waals surface area contributed by atoms with Gasteiger partial charge in [-0.25, -0.2) is 0 Å². The fourth-order valence-electron chi connectivity index (χ4n) is 0.894. The van der Waals surface area contributed by atoms with Gasteiger partial charge >= 0.3 is 0 Å². The molecule has 1 rings (SSSR count). The van der Waals surface area contributed by atoms with Gasteiger partial charge in [-0.05, 0) is 28.9 Å². The van der Waals surface area contributed by atoms with E-state index in [0.29, 0.717) is 0 Å². The third-order valence-corrected chi connectivity index (χ3v) is 2.00. The van der Waals surface area contributed by atoms with E-state index in [4.69, 9.17) is 5.73 Å². The molecule has 0 spiro atoms. The molecule has 0 aliphatic rings. The van der Waals surface area contributed by atoms with Gasteiger partial charge in [-0.1, -0.05) is 0 Å². The second-order valence-electron chi connectivity index (χ2n) is 2.74. The minimum Gasteiger partial charge on any atom is -0.387 e. The summed E-state index contributed by atoms with van der Waals surface area (Å²) in [5.41, 5.74) is 6.26. The average Bonchev–Trinajstić information content (AvgIpc) is 2.03. The molecule has 3 nitrogen and oxygen atoms in total. The summed E-state index contributed by atoms with van der Waals surface area (Å²) in [5, 5.41) is 9.54. The van der Waals surface area contributed by atoms with Crippen molar-refractivity contribution in [1.82, 2.24) is 4.98 Å². The Morgan fingerprint density at radius 3 is 2.75 bits per heavy atom. The highest BCUT2D eigenvalue weighted by atomic mass is 79.9. The van der Waals surface area contributed by atoms with Crippen molar-refractivity contribution in [2.24, 2.45) is 5.73 Å². The molecule has 3 N–H and O–H groups in total. The lowest BCUT2D eigenvalue weighted by atomic mass is 10.1. The number of pyridine rings is 1. The van der Waals surface area contributed by atoms with Crippen LogP contribution >= 0.6 is 15.9 Å². The van der Waals surface area contributed by atoms with E-state index >= 15 is 0 Å². The summed E-state index contributed by atoms with van der Waals surface area (Å²) in [4.78, 5) is 3.93.